The van der Waals surface area contributed by atoms with E-state index in [4.69, 9.17) is 16.0 Å². The van der Waals surface area contributed by atoms with Gasteiger partial charge in [0.15, 0.2) is 0 Å². The van der Waals surface area contributed by atoms with E-state index in [1.807, 2.05) is 10.6 Å². The van der Waals surface area contributed by atoms with Crippen molar-refractivity contribution >= 4 is 11.6 Å². The molecule has 0 bridgehead atoms. The third-order valence-corrected chi connectivity index (χ3v) is 2.78. The Kier molecular flexibility index (Phi) is 2.60. The van der Waals surface area contributed by atoms with Crippen LogP contribution in [0.5, 0.6) is 0 Å². The lowest BCUT2D eigenvalue weighted by Crippen LogP contribution is -2.04. The van der Waals surface area contributed by atoms with Crippen LogP contribution in [0.1, 0.15) is 5.56 Å². The molecular formula is C12H8ClN3O2. The van der Waals surface area contributed by atoms with Gasteiger partial charge in [0.25, 0.3) is 0 Å². The minimum absolute atomic E-state index is 0.337. The van der Waals surface area contributed by atoms with Crippen molar-refractivity contribution in [3.63, 3.8) is 0 Å². The highest BCUT2D eigenvalue weighted by atomic mass is 35.5. The monoisotopic (exact) mass is 261 g/mol. The largest absolute Gasteiger partial charge is 0.402 e. The highest BCUT2D eigenvalue weighted by Gasteiger charge is 2.13. The number of rotatable bonds is 2. The van der Waals surface area contributed by atoms with Crippen molar-refractivity contribution in [2.45, 2.75) is 6.54 Å². The smallest absolute Gasteiger partial charge is 0.339 e. The molecule has 2 aliphatic rings. The summed E-state index contributed by atoms with van der Waals surface area (Å²) in [5.74, 6) is 0.337. The van der Waals surface area contributed by atoms with Crippen molar-refractivity contribution in [3.05, 3.63) is 57.9 Å². The molecule has 0 atom stereocenters. The lowest BCUT2D eigenvalue weighted by atomic mass is 10.2. The molecule has 0 aliphatic carbocycles. The van der Waals surface area contributed by atoms with Crippen LogP contribution in [0.25, 0.3) is 11.6 Å². The molecule has 90 valence electrons. The van der Waals surface area contributed by atoms with E-state index in [1.165, 1.54) is 6.07 Å². The van der Waals surface area contributed by atoms with Crippen molar-refractivity contribution in [1.29, 1.82) is 0 Å². The maximum atomic E-state index is 11.2. The lowest BCUT2D eigenvalue weighted by Gasteiger charge is -2.09. The number of pyridine rings is 1. The Balaban J connectivity index is 2.00. The molecule has 0 unspecified atom stereocenters. The zero-order valence-corrected chi connectivity index (χ0v) is 9.96. The number of hydrogen-bond donors (Lipinski definition) is 0. The number of nitrogens with zero attached hydrogens (tertiary/aromatic N) is 3. The highest BCUT2D eigenvalue weighted by Crippen LogP contribution is 2.18. The Morgan fingerprint density at radius 1 is 1.33 bits per heavy atom. The molecule has 1 aromatic rings. The molecule has 2 aliphatic heterocycles. The van der Waals surface area contributed by atoms with Crippen LogP contribution in [0.15, 0.2) is 46.0 Å². The van der Waals surface area contributed by atoms with Gasteiger partial charge in [0.2, 0.25) is 5.89 Å². The molecule has 0 saturated heterocycles. The fraction of sp³-hybridized carbons (Fsp3) is 0.0833. The fourth-order valence-electron chi connectivity index (χ4n) is 1.74. The van der Waals surface area contributed by atoms with E-state index in [2.05, 4.69) is 9.97 Å². The summed E-state index contributed by atoms with van der Waals surface area (Å²) in [5, 5.41) is 0.453. The fourth-order valence-corrected chi connectivity index (χ4v) is 1.86. The van der Waals surface area contributed by atoms with Crippen LogP contribution in [0.4, 0.5) is 0 Å². The van der Waals surface area contributed by atoms with E-state index >= 15 is 0 Å². The van der Waals surface area contributed by atoms with E-state index in [0.717, 1.165) is 5.56 Å². The summed E-state index contributed by atoms with van der Waals surface area (Å²) < 4.78 is 6.81. The number of fused-ring (bicyclic) bond motifs is 1. The molecule has 1 aromatic heterocycles. The van der Waals surface area contributed by atoms with Crippen LogP contribution in [0.3, 0.4) is 0 Å². The van der Waals surface area contributed by atoms with Gasteiger partial charge in [-0.3, -0.25) is 0 Å². The van der Waals surface area contributed by atoms with E-state index in [0.29, 0.717) is 23.3 Å². The van der Waals surface area contributed by atoms with Crippen molar-refractivity contribution in [3.8, 4) is 11.6 Å². The molecule has 0 radical (unpaired) electrons. The molecule has 3 heterocycles. The van der Waals surface area contributed by atoms with E-state index < -0.39 is 5.63 Å². The second-order valence-electron chi connectivity index (χ2n) is 3.80. The van der Waals surface area contributed by atoms with Crippen molar-refractivity contribution in [1.82, 2.24) is 14.5 Å². The van der Waals surface area contributed by atoms with Crippen molar-refractivity contribution in [2.24, 2.45) is 0 Å². The summed E-state index contributed by atoms with van der Waals surface area (Å²) in [6.45, 7) is 0.572. The van der Waals surface area contributed by atoms with Crippen molar-refractivity contribution in [2.75, 3.05) is 0 Å². The highest BCUT2D eigenvalue weighted by molar-refractivity contribution is 6.29. The maximum absolute atomic E-state index is 11.2. The zero-order valence-electron chi connectivity index (χ0n) is 9.21. The molecule has 0 saturated carbocycles. The van der Waals surface area contributed by atoms with Gasteiger partial charge in [0, 0.05) is 25.1 Å². The Bertz CT molecular complexity index is 702. The summed E-state index contributed by atoms with van der Waals surface area (Å²) in [7, 11) is 0. The van der Waals surface area contributed by atoms with E-state index in [9.17, 15) is 4.79 Å². The molecule has 0 N–H and O–H groups in total. The van der Waals surface area contributed by atoms with Crippen LogP contribution in [0.2, 0.25) is 5.15 Å². The number of furan rings is 1. The van der Waals surface area contributed by atoms with Crippen LogP contribution in [0, 0.1) is 0 Å². The van der Waals surface area contributed by atoms with Crippen LogP contribution in [-0.4, -0.2) is 14.5 Å². The average molecular weight is 262 g/mol. The first-order chi connectivity index (χ1) is 8.72. The van der Waals surface area contributed by atoms with Gasteiger partial charge in [0.1, 0.15) is 10.8 Å². The molecule has 0 amide bonds. The number of halogens is 1. The van der Waals surface area contributed by atoms with Crippen LogP contribution >= 0.6 is 11.6 Å². The maximum Gasteiger partial charge on any atom is 0.339 e. The SMILES string of the molecule is O=c1cc2n(Cc3ccc(Cl)nc3)ccnc-2o1. The Morgan fingerprint density at radius 2 is 2.22 bits per heavy atom. The Labute approximate surface area is 107 Å². The third kappa shape index (κ3) is 2.00. The molecular weight excluding hydrogens is 254 g/mol. The molecule has 5 nitrogen and oxygen atoms in total. The predicted octanol–water partition coefficient (Wildman–Crippen LogP) is 2.04. The number of aromatic nitrogens is 3. The van der Waals surface area contributed by atoms with Gasteiger partial charge >= 0.3 is 5.63 Å². The second kappa shape index (κ2) is 4.27. The van der Waals surface area contributed by atoms with Gasteiger partial charge in [0.05, 0.1) is 6.07 Å². The van der Waals surface area contributed by atoms with Crippen LogP contribution in [-0.2, 0) is 6.54 Å². The summed E-state index contributed by atoms with van der Waals surface area (Å²) in [5.41, 5.74) is 1.25. The first-order valence-corrected chi connectivity index (χ1v) is 5.65. The van der Waals surface area contributed by atoms with Gasteiger partial charge in [-0.2, -0.15) is 0 Å². The second-order valence-corrected chi connectivity index (χ2v) is 4.19. The zero-order chi connectivity index (χ0) is 12.5. The first kappa shape index (κ1) is 11.0. The average Bonchev–Trinajstić information content (AvgIpc) is 2.73. The van der Waals surface area contributed by atoms with Gasteiger partial charge in [-0.15, -0.1) is 0 Å². The Morgan fingerprint density at radius 3 is 3.00 bits per heavy atom. The summed E-state index contributed by atoms with van der Waals surface area (Å²) in [6.07, 6.45) is 5.07. The molecule has 0 fully saturated rings. The minimum atomic E-state index is -0.397. The van der Waals surface area contributed by atoms with Crippen molar-refractivity contribution < 1.29 is 4.42 Å². The van der Waals surface area contributed by atoms with E-state index in [-0.39, 0.29) is 0 Å². The number of hydrogen-bond acceptors (Lipinski definition) is 4. The van der Waals surface area contributed by atoms with Gasteiger partial charge < -0.3 is 8.98 Å². The molecule has 18 heavy (non-hydrogen) atoms. The molecule has 0 spiro atoms. The lowest BCUT2D eigenvalue weighted by molar-refractivity contribution is 0.524. The van der Waals surface area contributed by atoms with Gasteiger partial charge in [-0.25, -0.2) is 14.8 Å². The summed E-state index contributed by atoms with van der Waals surface area (Å²) >= 11 is 5.73. The predicted molar refractivity (Wildman–Crippen MR) is 65.7 cm³/mol. The first-order valence-electron chi connectivity index (χ1n) is 5.28. The summed E-state index contributed by atoms with van der Waals surface area (Å²) in [4.78, 5) is 19.2. The third-order valence-electron chi connectivity index (χ3n) is 2.56. The van der Waals surface area contributed by atoms with Crippen LogP contribution < -0.4 is 5.63 Å². The van der Waals surface area contributed by atoms with E-state index in [1.54, 1.807) is 24.7 Å². The standard InChI is InChI=1S/C12H8ClN3O2/c13-10-2-1-8(6-15-10)7-16-4-3-14-12-9(16)5-11(17)18-12/h1-6H,7H2. The molecule has 0 aromatic carbocycles. The van der Waals surface area contributed by atoms with Gasteiger partial charge in [-0.1, -0.05) is 17.7 Å². The minimum Gasteiger partial charge on any atom is -0.402 e. The van der Waals surface area contributed by atoms with Gasteiger partial charge in [-0.05, 0) is 11.6 Å². The topological polar surface area (TPSA) is 60.9 Å². The summed E-state index contributed by atoms with van der Waals surface area (Å²) in [6, 6.07) is 5.03. The normalized spacial score (nSPS) is 10.9. The Hall–Kier alpha value is -2.14. The quantitative estimate of drug-likeness (QED) is 0.662. The molecule has 3 rings (SSSR count). The molecule has 6 heteroatoms.